The quantitative estimate of drug-likeness (QED) is 0.757. The third-order valence-corrected chi connectivity index (χ3v) is 3.30. The summed E-state index contributed by atoms with van der Waals surface area (Å²) in [5, 5.41) is 1.01. The molecule has 3 aromatic rings. The number of fused-ring (bicyclic) bond motifs is 1. The second-order valence-electron chi connectivity index (χ2n) is 4.44. The normalized spacial score (nSPS) is 10.8. The molecule has 0 aliphatic rings. The summed E-state index contributed by atoms with van der Waals surface area (Å²) >= 11 is 0. The molecule has 0 saturated heterocycles. The summed E-state index contributed by atoms with van der Waals surface area (Å²) in [6, 6.07) is 13.8. The van der Waals surface area contributed by atoms with Crippen LogP contribution in [0.4, 0.5) is 5.69 Å². The lowest BCUT2D eigenvalue weighted by Crippen LogP contribution is -2.01. The first-order valence-electron chi connectivity index (χ1n) is 6.39. The minimum atomic E-state index is 0.814. The van der Waals surface area contributed by atoms with Gasteiger partial charge in [0.25, 0.3) is 0 Å². The van der Waals surface area contributed by atoms with Crippen molar-refractivity contribution in [3.8, 4) is 11.4 Å². The summed E-state index contributed by atoms with van der Waals surface area (Å²) in [5.41, 5.74) is 10.9. The predicted molar refractivity (Wildman–Crippen MR) is 78.8 cm³/mol. The van der Waals surface area contributed by atoms with Crippen molar-refractivity contribution in [3.63, 3.8) is 0 Å². The van der Waals surface area contributed by atoms with Crippen LogP contribution in [-0.4, -0.2) is 9.97 Å². The second-order valence-corrected chi connectivity index (χ2v) is 4.44. The minimum absolute atomic E-state index is 0.814. The van der Waals surface area contributed by atoms with Crippen LogP contribution in [0.5, 0.6) is 0 Å². The van der Waals surface area contributed by atoms with E-state index in [4.69, 9.17) is 10.7 Å². The van der Waals surface area contributed by atoms with Gasteiger partial charge in [0.15, 0.2) is 0 Å². The average molecular weight is 249 g/mol. The van der Waals surface area contributed by atoms with Crippen molar-refractivity contribution in [2.24, 2.45) is 0 Å². The number of benzene rings is 1. The first-order valence-corrected chi connectivity index (χ1v) is 6.39. The van der Waals surface area contributed by atoms with E-state index in [9.17, 15) is 0 Å². The van der Waals surface area contributed by atoms with Crippen LogP contribution in [-0.2, 0) is 6.42 Å². The summed E-state index contributed by atoms with van der Waals surface area (Å²) in [6.45, 7) is 2.09. The molecule has 19 heavy (non-hydrogen) atoms. The van der Waals surface area contributed by atoms with Crippen LogP contribution < -0.4 is 5.73 Å². The first-order chi connectivity index (χ1) is 9.31. The Balaban J connectivity index is 2.36. The molecule has 0 bridgehead atoms. The summed E-state index contributed by atoms with van der Waals surface area (Å²) in [5.74, 6) is 0. The lowest BCUT2D eigenvalue weighted by molar-refractivity contribution is 1.12. The maximum Gasteiger partial charge on any atom is 0.0946 e. The number of anilines is 1. The van der Waals surface area contributed by atoms with Crippen molar-refractivity contribution < 1.29 is 0 Å². The molecule has 0 saturated carbocycles. The molecule has 0 aliphatic carbocycles. The van der Waals surface area contributed by atoms with Crippen molar-refractivity contribution in [2.75, 3.05) is 5.73 Å². The first kappa shape index (κ1) is 11.7. The lowest BCUT2D eigenvalue weighted by atomic mass is 10.0. The fourth-order valence-corrected chi connectivity index (χ4v) is 2.35. The van der Waals surface area contributed by atoms with E-state index in [1.165, 1.54) is 0 Å². The summed E-state index contributed by atoms with van der Waals surface area (Å²) in [7, 11) is 0. The van der Waals surface area contributed by atoms with E-state index in [2.05, 4.69) is 11.9 Å². The Hall–Kier alpha value is -2.42. The molecule has 2 aromatic heterocycles. The fraction of sp³-hybridized carbons (Fsp3) is 0.125. The molecule has 0 fully saturated rings. The highest BCUT2D eigenvalue weighted by atomic mass is 14.8. The zero-order valence-corrected chi connectivity index (χ0v) is 10.8. The number of nitrogen functional groups attached to an aromatic ring is 1. The van der Waals surface area contributed by atoms with Crippen LogP contribution in [0.1, 0.15) is 12.5 Å². The van der Waals surface area contributed by atoms with Crippen molar-refractivity contribution in [1.29, 1.82) is 0 Å². The molecule has 2 N–H and O–H groups in total. The maximum absolute atomic E-state index is 6.30. The molecular weight excluding hydrogens is 234 g/mol. The number of nitrogens with two attached hydrogens (primary N) is 1. The van der Waals surface area contributed by atoms with Crippen molar-refractivity contribution >= 4 is 16.6 Å². The van der Waals surface area contributed by atoms with Gasteiger partial charge in [0.05, 0.1) is 16.9 Å². The topological polar surface area (TPSA) is 51.8 Å². The van der Waals surface area contributed by atoms with Gasteiger partial charge in [-0.05, 0) is 24.6 Å². The number of pyridine rings is 2. The molecule has 94 valence electrons. The van der Waals surface area contributed by atoms with Crippen LogP contribution >= 0.6 is 0 Å². The molecule has 0 atom stereocenters. The second kappa shape index (κ2) is 4.69. The molecule has 0 spiro atoms. The Morgan fingerprint density at radius 2 is 1.84 bits per heavy atom. The largest absolute Gasteiger partial charge is 0.398 e. The van der Waals surface area contributed by atoms with Crippen molar-refractivity contribution in [3.05, 3.63) is 54.2 Å². The van der Waals surface area contributed by atoms with Gasteiger partial charge in [-0.15, -0.1) is 0 Å². The van der Waals surface area contributed by atoms with E-state index in [1.807, 2.05) is 42.5 Å². The van der Waals surface area contributed by atoms with Crippen LogP contribution in [0.25, 0.3) is 22.3 Å². The summed E-state index contributed by atoms with van der Waals surface area (Å²) in [6.07, 6.45) is 2.62. The van der Waals surface area contributed by atoms with E-state index in [-0.39, 0.29) is 0 Å². The molecule has 0 unspecified atom stereocenters. The SMILES string of the molecule is CCc1c(-c2ccccn2)nc2ccccc2c1N. The van der Waals surface area contributed by atoms with E-state index in [0.29, 0.717) is 0 Å². The van der Waals surface area contributed by atoms with Gasteiger partial charge < -0.3 is 5.73 Å². The van der Waals surface area contributed by atoms with Gasteiger partial charge in [0.2, 0.25) is 0 Å². The summed E-state index contributed by atoms with van der Waals surface area (Å²) < 4.78 is 0. The molecule has 0 radical (unpaired) electrons. The number of hydrogen-bond acceptors (Lipinski definition) is 3. The van der Waals surface area contributed by atoms with Gasteiger partial charge in [-0.2, -0.15) is 0 Å². The maximum atomic E-state index is 6.30. The molecule has 3 rings (SSSR count). The Kier molecular flexibility index (Phi) is 2.88. The smallest absolute Gasteiger partial charge is 0.0946 e. The molecule has 2 heterocycles. The van der Waals surface area contributed by atoms with Crippen LogP contribution in [0.3, 0.4) is 0 Å². The number of aromatic nitrogens is 2. The molecule has 3 heteroatoms. The number of hydrogen-bond donors (Lipinski definition) is 1. The van der Waals surface area contributed by atoms with E-state index in [0.717, 1.165) is 40.0 Å². The Labute approximate surface area is 112 Å². The monoisotopic (exact) mass is 249 g/mol. The highest BCUT2D eigenvalue weighted by molar-refractivity contribution is 5.94. The Morgan fingerprint density at radius 1 is 1.05 bits per heavy atom. The lowest BCUT2D eigenvalue weighted by Gasteiger charge is -2.12. The fourth-order valence-electron chi connectivity index (χ4n) is 2.35. The summed E-state index contributed by atoms with van der Waals surface area (Å²) in [4.78, 5) is 9.12. The van der Waals surface area contributed by atoms with Crippen molar-refractivity contribution in [1.82, 2.24) is 9.97 Å². The molecular formula is C16H15N3. The van der Waals surface area contributed by atoms with E-state index < -0.39 is 0 Å². The number of nitrogens with zero attached hydrogens (tertiary/aromatic N) is 2. The van der Waals surface area contributed by atoms with Gasteiger partial charge in [0, 0.05) is 22.8 Å². The third-order valence-electron chi connectivity index (χ3n) is 3.30. The Morgan fingerprint density at radius 3 is 2.58 bits per heavy atom. The van der Waals surface area contributed by atoms with Gasteiger partial charge in [-0.3, -0.25) is 4.98 Å². The molecule has 3 nitrogen and oxygen atoms in total. The minimum Gasteiger partial charge on any atom is -0.398 e. The number of rotatable bonds is 2. The Bertz CT molecular complexity index is 721. The molecule has 0 amide bonds. The molecule has 0 aliphatic heterocycles. The van der Waals surface area contributed by atoms with E-state index >= 15 is 0 Å². The number of para-hydroxylation sites is 1. The highest BCUT2D eigenvalue weighted by Gasteiger charge is 2.13. The predicted octanol–water partition coefficient (Wildman–Crippen LogP) is 3.44. The van der Waals surface area contributed by atoms with Gasteiger partial charge in [-0.1, -0.05) is 31.2 Å². The van der Waals surface area contributed by atoms with Crippen LogP contribution in [0.15, 0.2) is 48.7 Å². The van der Waals surface area contributed by atoms with Crippen molar-refractivity contribution in [2.45, 2.75) is 13.3 Å². The van der Waals surface area contributed by atoms with Gasteiger partial charge >= 0.3 is 0 Å². The zero-order chi connectivity index (χ0) is 13.2. The molecule has 1 aromatic carbocycles. The third kappa shape index (κ3) is 1.93. The highest BCUT2D eigenvalue weighted by Crippen LogP contribution is 2.31. The van der Waals surface area contributed by atoms with Crippen LogP contribution in [0.2, 0.25) is 0 Å². The van der Waals surface area contributed by atoms with Gasteiger partial charge in [0.1, 0.15) is 0 Å². The van der Waals surface area contributed by atoms with E-state index in [1.54, 1.807) is 6.20 Å². The standard InChI is InChI=1S/C16H15N3/c1-2-11-15(17)12-7-3-4-8-13(12)19-16(11)14-9-5-6-10-18-14/h3-10H,2H2,1H3,(H2,17,19). The average Bonchev–Trinajstić information content (AvgIpc) is 2.48. The van der Waals surface area contributed by atoms with Gasteiger partial charge in [-0.25, -0.2) is 4.98 Å². The zero-order valence-electron chi connectivity index (χ0n) is 10.8. The van der Waals surface area contributed by atoms with Crippen LogP contribution in [0, 0.1) is 0 Å².